The van der Waals surface area contributed by atoms with E-state index in [0.29, 0.717) is 5.69 Å². The Bertz CT molecular complexity index is 798. The molecule has 0 saturated heterocycles. The molecule has 153 valence electrons. The normalized spacial score (nSPS) is 12.8. The number of rotatable bonds is 3. The Morgan fingerprint density at radius 3 is 1.64 bits per heavy atom. The molecule has 0 amide bonds. The first-order chi connectivity index (χ1) is 12.7. The summed E-state index contributed by atoms with van der Waals surface area (Å²) in [5.41, 5.74) is 4.59. The van der Waals surface area contributed by atoms with Crippen LogP contribution >= 0.6 is 0 Å². The number of benzene rings is 2. The summed E-state index contributed by atoms with van der Waals surface area (Å²) in [5.74, 6) is 0.958. The molecule has 0 atom stereocenters. The van der Waals surface area contributed by atoms with Crippen molar-refractivity contribution in [3.8, 4) is 16.9 Å². The highest BCUT2D eigenvalue weighted by Gasteiger charge is 2.28. The molecule has 0 saturated carbocycles. The van der Waals surface area contributed by atoms with Crippen molar-refractivity contribution in [3.05, 3.63) is 47.5 Å². The maximum absolute atomic E-state index is 12.7. The first kappa shape index (κ1) is 22.3. The van der Waals surface area contributed by atoms with Crippen LogP contribution in [0.5, 0.6) is 5.75 Å². The van der Waals surface area contributed by atoms with E-state index in [-0.39, 0.29) is 10.8 Å². The zero-order valence-corrected chi connectivity index (χ0v) is 19.2. The van der Waals surface area contributed by atoms with Gasteiger partial charge in [-0.15, -0.1) is 0 Å². The van der Waals surface area contributed by atoms with E-state index in [2.05, 4.69) is 59.7 Å². The van der Waals surface area contributed by atoms with E-state index >= 15 is 0 Å². The molecule has 0 aromatic heterocycles. The standard InChI is InChI=1S/C25H36NO2/c1-23(2,3)20-15-18(16-21(22(20)28-10)24(4,5)6)17-12-11-13-19(14-17)26(27)25(7,8)9/h11-16H,1-10H3. The van der Waals surface area contributed by atoms with Crippen LogP contribution < -0.4 is 9.80 Å². The first-order valence-electron chi connectivity index (χ1n) is 9.97. The number of ether oxygens (including phenoxy) is 1. The number of anilines is 1. The lowest BCUT2D eigenvalue weighted by atomic mass is 9.77. The average molecular weight is 383 g/mol. The number of methoxy groups -OCH3 is 1. The van der Waals surface area contributed by atoms with Crippen molar-refractivity contribution in [2.45, 2.75) is 78.7 Å². The molecule has 0 bridgehead atoms. The average Bonchev–Trinajstić information content (AvgIpc) is 2.57. The second-order valence-corrected chi connectivity index (χ2v) is 10.6. The van der Waals surface area contributed by atoms with E-state index in [1.165, 1.54) is 11.1 Å². The van der Waals surface area contributed by atoms with E-state index in [0.717, 1.165) is 21.9 Å². The van der Waals surface area contributed by atoms with Crippen LogP contribution in [0.3, 0.4) is 0 Å². The van der Waals surface area contributed by atoms with E-state index in [1.807, 2.05) is 39.0 Å². The zero-order valence-electron chi connectivity index (χ0n) is 19.2. The van der Waals surface area contributed by atoms with Gasteiger partial charge in [0.1, 0.15) is 5.75 Å². The maximum Gasteiger partial charge on any atom is 0.126 e. The van der Waals surface area contributed by atoms with E-state index in [1.54, 1.807) is 7.11 Å². The predicted octanol–water partition coefficient (Wildman–Crippen LogP) is 6.91. The highest BCUT2D eigenvalue weighted by atomic mass is 16.5. The van der Waals surface area contributed by atoms with Crippen LogP contribution in [0.2, 0.25) is 0 Å². The van der Waals surface area contributed by atoms with Crippen LogP contribution in [-0.4, -0.2) is 12.6 Å². The highest BCUT2D eigenvalue weighted by Crippen LogP contribution is 2.43. The third kappa shape index (κ3) is 4.70. The fourth-order valence-corrected chi connectivity index (χ4v) is 3.33. The van der Waals surface area contributed by atoms with Crippen molar-refractivity contribution in [3.63, 3.8) is 0 Å². The smallest absolute Gasteiger partial charge is 0.126 e. The molecular weight excluding hydrogens is 346 g/mol. The quantitative estimate of drug-likeness (QED) is 0.540. The van der Waals surface area contributed by atoms with Crippen molar-refractivity contribution in [1.29, 1.82) is 0 Å². The molecule has 3 heteroatoms. The lowest BCUT2D eigenvalue weighted by Gasteiger charge is -2.31. The molecule has 0 aliphatic heterocycles. The van der Waals surface area contributed by atoms with Gasteiger partial charge in [-0.05, 0) is 67.0 Å². The van der Waals surface area contributed by atoms with Crippen molar-refractivity contribution in [1.82, 2.24) is 0 Å². The molecule has 0 heterocycles. The molecule has 2 aromatic rings. The number of hydrogen-bond donors (Lipinski definition) is 0. The van der Waals surface area contributed by atoms with Gasteiger partial charge < -0.3 is 4.74 Å². The fourth-order valence-electron chi connectivity index (χ4n) is 3.33. The highest BCUT2D eigenvalue weighted by molar-refractivity contribution is 5.72. The SMILES string of the molecule is COc1c(C(C)(C)C)cc(-c2cccc(N([O])C(C)(C)C)c2)cc1C(C)(C)C. The second kappa shape index (κ2) is 7.44. The summed E-state index contributed by atoms with van der Waals surface area (Å²) in [6.45, 7) is 19.0. The molecule has 0 spiro atoms. The zero-order chi connectivity index (χ0) is 21.5. The van der Waals surface area contributed by atoms with E-state index in [4.69, 9.17) is 4.74 Å². The Balaban J connectivity index is 2.73. The molecule has 0 unspecified atom stereocenters. The lowest BCUT2D eigenvalue weighted by Crippen LogP contribution is -2.37. The number of nitrogens with zero attached hydrogens (tertiary/aromatic N) is 1. The summed E-state index contributed by atoms with van der Waals surface area (Å²) in [6.07, 6.45) is 0. The topological polar surface area (TPSA) is 32.4 Å². The van der Waals surface area contributed by atoms with Gasteiger partial charge >= 0.3 is 0 Å². The van der Waals surface area contributed by atoms with E-state index < -0.39 is 5.54 Å². The van der Waals surface area contributed by atoms with Gasteiger partial charge in [0.25, 0.3) is 0 Å². The van der Waals surface area contributed by atoms with Gasteiger partial charge in [-0.1, -0.05) is 58.9 Å². The molecule has 28 heavy (non-hydrogen) atoms. The van der Waals surface area contributed by atoms with Crippen LogP contribution in [0.1, 0.15) is 73.4 Å². The molecule has 0 fully saturated rings. The molecule has 2 rings (SSSR count). The molecule has 0 aliphatic rings. The number of hydrogen-bond acceptors (Lipinski definition) is 2. The maximum atomic E-state index is 12.7. The van der Waals surface area contributed by atoms with Gasteiger partial charge in [0.2, 0.25) is 0 Å². The molecule has 0 aliphatic carbocycles. The van der Waals surface area contributed by atoms with Crippen LogP contribution in [-0.2, 0) is 16.0 Å². The molecular formula is C25H36NO2. The minimum Gasteiger partial charge on any atom is -0.496 e. The molecule has 3 nitrogen and oxygen atoms in total. The van der Waals surface area contributed by atoms with Gasteiger partial charge in [-0.2, -0.15) is 0 Å². The van der Waals surface area contributed by atoms with Crippen molar-refractivity contribution < 1.29 is 9.94 Å². The monoisotopic (exact) mass is 382 g/mol. The number of hydroxylamine groups is 1. The molecule has 2 aromatic carbocycles. The van der Waals surface area contributed by atoms with Gasteiger partial charge in [0.15, 0.2) is 0 Å². The Hall–Kier alpha value is -2.00. The van der Waals surface area contributed by atoms with Gasteiger partial charge in [-0.3, -0.25) is 0 Å². The first-order valence-corrected chi connectivity index (χ1v) is 9.97. The van der Waals surface area contributed by atoms with E-state index in [9.17, 15) is 5.21 Å². The fraction of sp³-hybridized carbons (Fsp3) is 0.520. The minimum absolute atomic E-state index is 0.0606. The Morgan fingerprint density at radius 1 is 0.750 bits per heavy atom. The Labute approximate surface area is 171 Å². The van der Waals surface area contributed by atoms with Crippen LogP contribution in [0.4, 0.5) is 5.69 Å². The Morgan fingerprint density at radius 2 is 1.25 bits per heavy atom. The van der Waals surface area contributed by atoms with Crippen LogP contribution in [0, 0.1) is 0 Å². The van der Waals surface area contributed by atoms with Gasteiger partial charge in [0.05, 0.1) is 18.3 Å². The van der Waals surface area contributed by atoms with Gasteiger partial charge in [-0.25, -0.2) is 5.06 Å². The third-order valence-corrected chi connectivity index (χ3v) is 4.93. The summed E-state index contributed by atoms with van der Waals surface area (Å²) in [6, 6.07) is 12.3. The van der Waals surface area contributed by atoms with Crippen molar-refractivity contribution >= 4 is 5.69 Å². The molecule has 0 N–H and O–H groups in total. The minimum atomic E-state index is -0.480. The summed E-state index contributed by atoms with van der Waals surface area (Å²) >= 11 is 0. The molecule has 1 radical (unpaired) electrons. The summed E-state index contributed by atoms with van der Waals surface area (Å²) < 4.78 is 5.87. The van der Waals surface area contributed by atoms with Gasteiger partial charge in [0, 0.05) is 11.1 Å². The summed E-state index contributed by atoms with van der Waals surface area (Å²) in [5, 5.41) is 13.8. The predicted molar refractivity (Wildman–Crippen MR) is 119 cm³/mol. The second-order valence-electron chi connectivity index (χ2n) is 10.6. The van der Waals surface area contributed by atoms with Crippen LogP contribution in [0.25, 0.3) is 11.1 Å². The third-order valence-electron chi connectivity index (χ3n) is 4.93. The largest absolute Gasteiger partial charge is 0.496 e. The van der Waals surface area contributed by atoms with Crippen molar-refractivity contribution in [2.75, 3.05) is 12.2 Å². The Kier molecular flexibility index (Phi) is 5.92. The van der Waals surface area contributed by atoms with Crippen molar-refractivity contribution in [2.24, 2.45) is 0 Å². The summed E-state index contributed by atoms with van der Waals surface area (Å²) in [4.78, 5) is 0. The van der Waals surface area contributed by atoms with Crippen LogP contribution in [0.15, 0.2) is 36.4 Å². The lowest BCUT2D eigenvalue weighted by molar-refractivity contribution is 0.102. The summed E-state index contributed by atoms with van der Waals surface area (Å²) in [7, 11) is 1.75.